The summed E-state index contributed by atoms with van der Waals surface area (Å²) in [6.07, 6.45) is 6.33. The lowest BCUT2D eigenvalue weighted by molar-refractivity contribution is -0.134. The van der Waals surface area contributed by atoms with Crippen LogP contribution >= 0.6 is 0 Å². The van der Waals surface area contributed by atoms with Crippen LogP contribution in [0.3, 0.4) is 0 Å². The highest BCUT2D eigenvalue weighted by molar-refractivity contribution is 5.78. The second kappa shape index (κ2) is 7.59. The van der Waals surface area contributed by atoms with Crippen LogP contribution in [0.1, 0.15) is 19.3 Å². The normalized spacial score (nSPS) is 19.3. The van der Waals surface area contributed by atoms with Crippen molar-refractivity contribution in [2.75, 3.05) is 45.8 Å². The van der Waals surface area contributed by atoms with Gasteiger partial charge in [0.15, 0.2) is 0 Å². The van der Waals surface area contributed by atoms with Crippen molar-refractivity contribution in [1.82, 2.24) is 24.5 Å². The van der Waals surface area contributed by atoms with Crippen molar-refractivity contribution in [3.8, 4) is 0 Å². The van der Waals surface area contributed by atoms with Crippen molar-refractivity contribution in [3.05, 3.63) is 18.5 Å². The number of aryl methyl sites for hydroxylation is 1. The summed E-state index contributed by atoms with van der Waals surface area (Å²) in [5.74, 6) is 0.409. The van der Waals surface area contributed by atoms with E-state index in [2.05, 4.69) is 10.00 Å². The number of likely N-dealkylation sites (tertiary alicyclic amines) is 1. The van der Waals surface area contributed by atoms with Crippen molar-refractivity contribution < 1.29 is 9.59 Å². The first kappa shape index (κ1) is 16.0. The predicted octanol–water partition coefficient (Wildman–Crippen LogP) is 0.0398. The Kier molecular flexibility index (Phi) is 5.27. The van der Waals surface area contributed by atoms with Crippen LogP contribution in [-0.4, -0.2) is 82.1 Å². The van der Waals surface area contributed by atoms with Gasteiger partial charge in [-0.1, -0.05) is 0 Å². The molecule has 0 unspecified atom stereocenters. The van der Waals surface area contributed by atoms with Crippen LogP contribution in [0, 0.1) is 0 Å². The van der Waals surface area contributed by atoms with Gasteiger partial charge in [-0.05, 0) is 18.9 Å². The summed E-state index contributed by atoms with van der Waals surface area (Å²) in [4.78, 5) is 30.4. The van der Waals surface area contributed by atoms with Crippen LogP contribution < -0.4 is 0 Å². The van der Waals surface area contributed by atoms with E-state index < -0.39 is 0 Å². The maximum absolute atomic E-state index is 12.2. The molecule has 2 aliphatic heterocycles. The molecule has 126 valence electrons. The summed E-state index contributed by atoms with van der Waals surface area (Å²) < 4.78 is 1.78. The molecule has 7 heteroatoms. The molecular formula is C16H25N5O2. The van der Waals surface area contributed by atoms with Crippen LogP contribution in [0.4, 0.5) is 0 Å². The van der Waals surface area contributed by atoms with Crippen LogP contribution in [0.25, 0.3) is 0 Å². The highest BCUT2D eigenvalue weighted by atomic mass is 16.2. The summed E-state index contributed by atoms with van der Waals surface area (Å²) in [7, 11) is 0. The molecule has 0 aliphatic carbocycles. The number of hydrogen-bond acceptors (Lipinski definition) is 4. The summed E-state index contributed by atoms with van der Waals surface area (Å²) in [5.41, 5.74) is 0. The summed E-state index contributed by atoms with van der Waals surface area (Å²) in [6.45, 7) is 5.93. The molecule has 2 amide bonds. The Morgan fingerprint density at radius 3 is 2.26 bits per heavy atom. The molecule has 3 heterocycles. The lowest BCUT2D eigenvalue weighted by Crippen LogP contribution is -2.51. The molecule has 0 radical (unpaired) electrons. The highest BCUT2D eigenvalue weighted by Crippen LogP contribution is 2.10. The molecule has 23 heavy (non-hydrogen) atoms. The zero-order valence-corrected chi connectivity index (χ0v) is 13.6. The second-order valence-corrected chi connectivity index (χ2v) is 6.26. The Hall–Kier alpha value is -1.89. The molecule has 0 N–H and O–H groups in total. The number of nitrogens with zero attached hydrogens (tertiary/aromatic N) is 5. The maximum Gasteiger partial charge on any atom is 0.236 e. The minimum Gasteiger partial charge on any atom is -0.342 e. The lowest BCUT2D eigenvalue weighted by Gasteiger charge is -2.35. The number of amides is 2. The molecule has 0 bridgehead atoms. The van der Waals surface area contributed by atoms with E-state index in [-0.39, 0.29) is 11.8 Å². The quantitative estimate of drug-likeness (QED) is 0.769. The molecule has 2 aliphatic rings. The average Bonchev–Trinajstić information content (AvgIpc) is 3.26. The van der Waals surface area contributed by atoms with E-state index in [4.69, 9.17) is 0 Å². The Balaban J connectivity index is 1.37. The molecule has 1 aromatic rings. The third-order valence-corrected chi connectivity index (χ3v) is 4.66. The smallest absolute Gasteiger partial charge is 0.236 e. The molecule has 1 aromatic heterocycles. The number of rotatable bonds is 5. The van der Waals surface area contributed by atoms with E-state index >= 15 is 0 Å². The van der Waals surface area contributed by atoms with Crippen LogP contribution in [0.2, 0.25) is 0 Å². The van der Waals surface area contributed by atoms with Gasteiger partial charge in [0, 0.05) is 64.6 Å². The van der Waals surface area contributed by atoms with Gasteiger partial charge in [-0.2, -0.15) is 5.10 Å². The summed E-state index contributed by atoms with van der Waals surface area (Å²) in [6, 6.07) is 1.86. The highest BCUT2D eigenvalue weighted by Gasteiger charge is 2.25. The van der Waals surface area contributed by atoms with Crippen molar-refractivity contribution in [3.63, 3.8) is 0 Å². The number of carbonyl (C=O) groups excluding carboxylic acids is 2. The Bertz CT molecular complexity index is 517. The van der Waals surface area contributed by atoms with E-state index in [9.17, 15) is 9.59 Å². The molecule has 3 rings (SSSR count). The maximum atomic E-state index is 12.2. The van der Waals surface area contributed by atoms with E-state index in [0.29, 0.717) is 32.6 Å². The van der Waals surface area contributed by atoms with Crippen LogP contribution in [0.15, 0.2) is 18.5 Å². The van der Waals surface area contributed by atoms with Gasteiger partial charge in [-0.15, -0.1) is 0 Å². The van der Waals surface area contributed by atoms with Crippen molar-refractivity contribution in [1.29, 1.82) is 0 Å². The Morgan fingerprint density at radius 1 is 0.913 bits per heavy atom. The van der Waals surface area contributed by atoms with E-state index in [0.717, 1.165) is 39.0 Å². The van der Waals surface area contributed by atoms with Gasteiger partial charge in [0.25, 0.3) is 0 Å². The SMILES string of the molecule is O=C(CCn1cccn1)N1CCN(CC(=O)N2CCCC2)CC1. The first-order valence-electron chi connectivity index (χ1n) is 8.48. The van der Waals surface area contributed by atoms with Crippen LogP contribution in [-0.2, 0) is 16.1 Å². The molecule has 2 saturated heterocycles. The molecule has 7 nitrogen and oxygen atoms in total. The van der Waals surface area contributed by atoms with Gasteiger partial charge in [0.05, 0.1) is 6.54 Å². The van der Waals surface area contributed by atoms with E-state index in [1.54, 1.807) is 10.9 Å². The largest absolute Gasteiger partial charge is 0.342 e. The fourth-order valence-corrected chi connectivity index (χ4v) is 3.21. The minimum atomic E-state index is 0.172. The third kappa shape index (κ3) is 4.31. The van der Waals surface area contributed by atoms with Crippen molar-refractivity contribution in [2.24, 2.45) is 0 Å². The zero-order valence-electron chi connectivity index (χ0n) is 13.6. The number of hydrogen-bond donors (Lipinski definition) is 0. The number of piperazine rings is 1. The standard InChI is InChI=1S/C16H25N5O2/c22-15(4-9-21-8-3-5-17-21)20-12-10-18(11-13-20)14-16(23)19-6-1-2-7-19/h3,5,8H,1-2,4,6-7,9-14H2. The summed E-state index contributed by atoms with van der Waals surface area (Å²) >= 11 is 0. The first-order valence-corrected chi connectivity index (χ1v) is 8.48. The molecule has 2 fully saturated rings. The summed E-state index contributed by atoms with van der Waals surface area (Å²) in [5, 5.41) is 4.11. The number of carbonyl (C=O) groups is 2. The third-order valence-electron chi connectivity index (χ3n) is 4.66. The minimum absolute atomic E-state index is 0.172. The molecular weight excluding hydrogens is 294 g/mol. The van der Waals surface area contributed by atoms with Crippen LogP contribution in [0.5, 0.6) is 0 Å². The Labute approximate surface area is 136 Å². The second-order valence-electron chi connectivity index (χ2n) is 6.26. The average molecular weight is 319 g/mol. The van der Waals surface area contributed by atoms with Crippen molar-refractivity contribution >= 4 is 11.8 Å². The lowest BCUT2D eigenvalue weighted by atomic mass is 10.2. The van der Waals surface area contributed by atoms with Gasteiger partial charge in [-0.3, -0.25) is 19.2 Å². The Morgan fingerprint density at radius 2 is 1.61 bits per heavy atom. The molecule has 0 aromatic carbocycles. The van der Waals surface area contributed by atoms with Gasteiger partial charge < -0.3 is 9.80 Å². The fourth-order valence-electron chi connectivity index (χ4n) is 3.21. The van der Waals surface area contributed by atoms with Gasteiger partial charge in [0.2, 0.25) is 11.8 Å². The van der Waals surface area contributed by atoms with Gasteiger partial charge in [0.1, 0.15) is 0 Å². The molecule has 0 atom stereocenters. The van der Waals surface area contributed by atoms with Gasteiger partial charge in [-0.25, -0.2) is 0 Å². The molecule has 0 spiro atoms. The zero-order chi connectivity index (χ0) is 16.1. The fraction of sp³-hybridized carbons (Fsp3) is 0.688. The van der Waals surface area contributed by atoms with Gasteiger partial charge >= 0.3 is 0 Å². The van der Waals surface area contributed by atoms with E-state index in [1.165, 1.54) is 0 Å². The van der Waals surface area contributed by atoms with E-state index in [1.807, 2.05) is 22.1 Å². The topological polar surface area (TPSA) is 61.7 Å². The monoisotopic (exact) mass is 319 g/mol. The number of aromatic nitrogens is 2. The van der Waals surface area contributed by atoms with Crippen molar-refractivity contribution in [2.45, 2.75) is 25.8 Å². The molecule has 0 saturated carbocycles. The first-order chi connectivity index (χ1) is 11.2. The predicted molar refractivity (Wildman–Crippen MR) is 85.7 cm³/mol.